The summed E-state index contributed by atoms with van der Waals surface area (Å²) in [7, 11) is 0. The number of hydrogen-bond donors (Lipinski definition) is 3. The molecule has 3 heteroatoms. The zero-order chi connectivity index (χ0) is 16.0. The first-order chi connectivity index (χ1) is 9.82. The Morgan fingerprint density at radius 2 is 1.14 bits per heavy atom. The molecule has 0 bridgehead atoms. The predicted octanol–water partition coefficient (Wildman–Crippen LogP) is 4.76. The highest BCUT2D eigenvalue weighted by Gasteiger charge is 2.17. The number of phenolic OH excluding ortho intramolecular Hbond substituents is 3. The van der Waals surface area contributed by atoms with Crippen LogP contribution in [0.15, 0.2) is 6.07 Å². The van der Waals surface area contributed by atoms with Crippen LogP contribution in [-0.2, 0) is 12.8 Å². The molecule has 0 spiro atoms. The van der Waals surface area contributed by atoms with Crippen molar-refractivity contribution < 1.29 is 15.3 Å². The third-order valence-electron chi connectivity index (χ3n) is 3.88. The number of hydrogen-bond acceptors (Lipinski definition) is 3. The Hall–Kier alpha value is -1.38. The molecule has 0 saturated heterocycles. The van der Waals surface area contributed by atoms with Crippen molar-refractivity contribution in [2.24, 2.45) is 11.8 Å². The van der Waals surface area contributed by atoms with Crippen LogP contribution < -0.4 is 0 Å². The van der Waals surface area contributed by atoms with Gasteiger partial charge >= 0.3 is 0 Å². The van der Waals surface area contributed by atoms with Crippen LogP contribution in [0.2, 0.25) is 0 Å². The van der Waals surface area contributed by atoms with E-state index in [9.17, 15) is 15.3 Å². The van der Waals surface area contributed by atoms with E-state index in [4.69, 9.17) is 0 Å². The minimum atomic E-state index is 0.00126. The van der Waals surface area contributed by atoms with Gasteiger partial charge in [0.2, 0.25) is 0 Å². The van der Waals surface area contributed by atoms with Crippen LogP contribution in [0.25, 0.3) is 0 Å². The van der Waals surface area contributed by atoms with Crippen molar-refractivity contribution in [3.63, 3.8) is 0 Å². The van der Waals surface area contributed by atoms with Crippen molar-refractivity contribution in [2.45, 2.75) is 66.2 Å². The lowest BCUT2D eigenvalue weighted by molar-refractivity contribution is 0.405. The van der Waals surface area contributed by atoms with Crippen LogP contribution >= 0.6 is 0 Å². The highest BCUT2D eigenvalue weighted by Crippen LogP contribution is 2.39. The molecule has 0 fully saturated rings. The summed E-state index contributed by atoms with van der Waals surface area (Å²) in [5.74, 6) is 1.30. The fourth-order valence-corrected chi connectivity index (χ4v) is 2.60. The van der Waals surface area contributed by atoms with E-state index in [1.165, 1.54) is 6.07 Å². The Kier molecular flexibility index (Phi) is 6.86. The predicted molar refractivity (Wildman–Crippen MR) is 87.0 cm³/mol. The molecule has 0 aliphatic rings. The summed E-state index contributed by atoms with van der Waals surface area (Å²) in [6.07, 6.45) is 5.26. The maximum absolute atomic E-state index is 10.4. The van der Waals surface area contributed by atoms with Crippen molar-refractivity contribution in [2.75, 3.05) is 0 Å². The van der Waals surface area contributed by atoms with Gasteiger partial charge < -0.3 is 15.3 Å². The molecule has 0 aliphatic carbocycles. The summed E-state index contributed by atoms with van der Waals surface area (Å²) >= 11 is 0. The smallest absolute Gasteiger partial charge is 0.129 e. The molecular weight excluding hydrogens is 264 g/mol. The normalized spacial score (nSPS) is 11.5. The molecule has 0 heterocycles. The quantitative estimate of drug-likeness (QED) is 0.647. The van der Waals surface area contributed by atoms with E-state index >= 15 is 0 Å². The Morgan fingerprint density at radius 1 is 0.762 bits per heavy atom. The van der Waals surface area contributed by atoms with Gasteiger partial charge in [-0.05, 0) is 37.5 Å². The van der Waals surface area contributed by atoms with Gasteiger partial charge in [0, 0.05) is 17.2 Å². The fourth-order valence-electron chi connectivity index (χ4n) is 2.60. The second kappa shape index (κ2) is 8.16. The monoisotopic (exact) mass is 294 g/mol. The summed E-state index contributed by atoms with van der Waals surface area (Å²) in [6.45, 7) is 8.64. The van der Waals surface area contributed by atoms with E-state index in [0.29, 0.717) is 35.8 Å². The van der Waals surface area contributed by atoms with Crippen molar-refractivity contribution >= 4 is 0 Å². The Labute approximate surface area is 128 Å². The zero-order valence-corrected chi connectivity index (χ0v) is 13.8. The minimum absolute atomic E-state index is 0.00126. The van der Waals surface area contributed by atoms with E-state index in [2.05, 4.69) is 27.7 Å². The largest absolute Gasteiger partial charge is 0.507 e. The first-order valence-electron chi connectivity index (χ1n) is 8.08. The van der Waals surface area contributed by atoms with Gasteiger partial charge in [0.1, 0.15) is 17.2 Å². The van der Waals surface area contributed by atoms with Gasteiger partial charge in [0.25, 0.3) is 0 Å². The first-order valence-corrected chi connectivity index (χ1v) is 8.08. The van der Waals surface area contributed by atoms with E-state index in [1.54, 1.807) is 0 Å². The standard InChI is InChI=1S/C18H30O3/c1-12(2)7-5-9-14-16(19)11-17(20)15(18(14)21)10-6-8-13(3)4/h11-13,19-21H,5-10H2,1-4H3. The maximum atomic E-state index is 10.4. The van der Waals surface area contributed by atoms with Gasteiger partial charge in [-0.1, -0.05) is 40.5 Å². The summed E-state index contributed by atoms with van der Waals surface area (Å²) in [4.78, 5) is 0. The average Bonchev–Trinajstić information content (AvgIpc) is 2.36. The molecule has 0 radical (unpaired) electrons. The average molecular weight is 294 g/mol. The molecule has 120 valence electrons. The summed E-state index contributed by atoms with van der Waals surface area (Å²) < 4.78 is 0. The minimum Gasteiger partial charge on any atom is -0.507 e. The van der Waals surface area contributed by atoms with Crippen LogP contribution in [-0.4, -0.2) is 15.3 Å². The highest BCUT2D eigenvalue weighted by atomic mass is 16.3. The van der Waals surface area contributed by atoms with Crippen molar-refractivity contribution in [1.82, 2.24) is 0 Å². The molecular formula is C18H30O3. The van der Waals surface area contributed by atoms with Gasteiger partial charge in [0.15, 0.2) is 0 Å². The third kappa shape index (κ3) is 5.49. The molecule has 0 atom stereocenters. The Bertz CT molecular complexity index is 412. The second-order valence-electron chi connectivity index (χ2n) is 6.79. The summed E-state index contributed by atoms with van der Waals surface area (Å²) in [5, 5.41) is 30.3. The van der Waals surface area contributed by atoms with Crippen LogP contribution in [0.5, 0.6) is 17.2 Å². The number of aromatic hydroxyl groups is 3. The molecule has 0 amide bonds. The van der Waals surface area contributed by atoms with Gasteiger partial charge in [0.05, 0.1) is 0 Å². The molecule has 3 nitrogen and oxygen atoms in total. The molecule has 1 aromatic carbocycles. The lowest BCUT2D eigenvalue weighted by Gasteiger charge is -2.14. The van der Waals surface area contributed by atoms with E-state index in [0.717, 1.165) is 25.7 Å². The number of rotatable bonds is 8. The SMILES string of the molecule is CC(C)CCCc1c(O)cc(O)c(CCCC(C)C)c1O. The van der Waals surface area contributed by atoms with Crippen LogP contribution in [0.3, 0.4) is 0 Å². The van der Waals surface area contributed by atoms with Gasteiger partial charge in [-0.25, -0.2) is 0 Å². The van der Waals surface area contributed by atoms with Gasteiger partial charge in [-0.3, -0.25) is 0 Å². The van der Waals surface area contributed by atoms with E-state index < -0.39 is 0 Å². The highest BCUT2D eigenvalue weighted by molar-refractivity contribution is 5.55. The Balaban J connectivity index is 2.83. The molecule has 0 aliphatic heterocycles. The molecule has 21 heavy (non-hydrogen) atoms. The Morgan fingerprint density at radius 3 is 1.48 bits per heavy atom. The number of benzene rings is 1. The lowest BCUT2D eigenvalue weighted by Crippen LogP contribution is -1.97. The van der Waals surface area contributed by atoms with Crippen LogP contribution in [0, 0.1) is 11.8 Å². The van der Waals surface area contributed by atoms with Crippen LogP contribution in [0.4, 0.5) is 0 Å². The second-order valence-corrected chi connectivity index (χ2v) is 6.79. The van der Waals surface area contributed by atoms with Crippen LogP contribution in [0.1, 0.15) is 64.5 Å². The van der Waals surface area contributed by atoms with Gasteiger partial charge in [-0.15, -0.1) is 0 Å². The van der Waals surface area contributed by atoms with Crippen molar-refractivity contribution in [1.29, 1.82) is 0 Å². The third-order valence-corrected chi connectivity index (χ3v) is 3.88. The maximum Gasteiger partial charge on any atom is 0.129 e. The van der Waals surface area contributed by atoms with E-state index in [-0.39, 0.29) is 17.2 Å². The topological polar surface area (TPSA) is 60.7 Å². The summed E-state index contributed by atoms with van der Waals surface area (Å²) in [6, 6.07) is 1.37. The molecule has 1 aromatic rings. The zero-order valence-electron chi connectivity index (χ0n) is 13.8. The van der Waals surface area contributed by atoms with E-state index in [1.807, 2.05) is 0 Å². The van der Waals surface area contributed by atoms with Crippen molar-refractivity contribution in [3.8, 4) is 17.2 Å². The summed E-state index contributed by atoms with van der Waals surface area (Å²) in [5.41, 5.74) is 1.15. The van der Waals surface area contributed by atoms with Crippen molar-refractivity contribution in [3.05, 3.63) is 17.2 Å². The number of phenols is 3. The fraction of sp³-hybridized carbons (Fsp3) is 0.667. The molecule has 1 rings (SSSR count). The molecule has 0 unspecified atom stereocenters. The molecule has 0 saturated carbocycles. The molecule has 3 N–H and O–H groups in total. The van der Waals surface area contributed by atoms with Gasteiger partial charge in [-0.2, -0.15) is 0 Å². The molecule has 0 aromatic heterocycles. The first kappa shape index (κ1) is 17.7. The lowest BCUT2D eigenvalue weighted by atomic mass is 9.95.